The maximum Gasteiger partial charge on any atom is 0.246 e. The van der Waals surface area contributed by atoms with E-state index in [1.165, 1.54) is 25.9 Å². The summed E-state index contributed by atoms with van der Waals surface area (Å²) in [6.45, 7) is 4.23. The van der Waals surface area contributed by atoms with Gasteiger partial charge in [-0.3, -0.25) is 4.79 Å². The highest BCUT2D eigenvalue weighted by Gasteiger charge is 2.27. The van der Waals surface area contributed by atoms with Gasteiger partial charge in [0.05, 0.1) is 6.04 Å². The second-order valence-electron chi connectivity index (χ2n) is 6.48. The van der Waals surface area contributed by atoms with Crippen LogP contribution in [-0.2, 0) is 4.79 Å². The number of rotatable bonds is 4. The second-order valence-corrected chi connectivity index (χ2v) is 8.03. The van der Waals surface area contributed by atoms with Gasteiger partial charge < -0.3 is 9.80 Å². The van der Waals surface area contributed by atoms with E-state index < -0.39 is 0 Å². The van der Waals surface area contributed by atoms with Crippen LogP contribution in [0.15, 0.2) is 30.3 Å². The van der Waals surface area contributed by atoms with Crippen molar-refractivity contribution in [1.82, 2.24) is 9.80 Å². The second kappa shape index (κ2) is 8.93. The number of carbonyl (C=O) groups is 1. The van der Waals surface area contributed by atoms with Crippen LogP contribution in [0, 0.1) is 0 Å². The molecule has 2 heterocycles. The first-order valence-electron chi connectivity index (χ1n) is 8.77. The molecule has 0 aliphatic carbocycles. The lowest BCUT2D eigenvalue weighted by Gasteiger charge is -2.32. The molecule has 0 N–H and O–H groups in total. The Morgan fingerprint density at radius 1 is 1.21 bits per heavy atom. The molecule has 24 heavy (non-hydrogen) atoms. The van der Waals surface area contributed by atoms with Crippen LogP contribution in [0.4, 0.5) is 0 Å². The zero-order chi connectivity index (χ0) is 16.8. The molecule has 0 bridgehead atoms. The number of thioether (sulfide) groups is 1. The molecule has 130 valence electrons. The van der Waals surface area contributed by atoms with E-state index in [0.717, 1.165) is 36.6 Å². The summed E-state index contributed by atoms with van der Waals surface area (Å²) in [6.07, 6.45) is 7.19. The predicted octanol–water partition coefficient (Wildman–Crippen LogP) is 3.78. The highest BCUT2D eigenvalue weighted by Crippen LogP contribution is 2.21. The molecule has 0 saturated carbocycles. The van der Waals surface area contributed by atoms with E-state index in [1.807, 2.05) is 42.1 Å². The molecule has 0 spiro atoms. The first-order chi connectivity index (χ1) is 11.7. The summed E-state index contributed by atoms with van der Waals surface area (Å²) in [7, 11) is 0. The van der Waals surface area contributed by atoms with Gasteiger partial charge in [0.25, 0.3) is 0 Å². The molecule has 3 nitrogen and oxygen atoms in total. The van der Waals surface area contributed by atoms with Gasteiger partial charge >= 0.3 is 0 Å². The van der Waals surface area contributed by atoms with Crippen molar-refractivity contribution in [3.63, 3.8) is 0 Å². The largest absolute Gasteiger partial charge is 0.334 e. The van der Waals surface area contributed by atoms with Crippen LogP contribution in [-0.4, -0.2) is 59.4 Å². The van der Waals surface area contributed by atoms with Crippen molar-refractivity contribution in [2.75, 3.05) is 37.7 Å². The number of nitrogens with zero attached hydrogens (tertiary/aromatic N) is 2. The lowest BCUT2D eigenvalue weighted by atomic mass is 10.2. The molecular weight excluding hydrogens is 340 g/mol. The molecule has 1 atom stereocenters. The molecule has 0 radical (unpaired) electrons. The number of amides is 1. The fourth-order valence-corrected chi connectivity index (χ4v) is 4.66. The van der Waals surface area contributed by atoms with Crippen LogP contribution < -0.4 is 0 Å². The van der Waals surface area contributed by atoms with Gasteiger partial charge in [0.2, 0.25) is 5.91 Å². The van der Waals surface area contributed by atoms with Gasteiger partial charge in [-0.05, 0) is 55.8 Å². The predicted molar refractivity (Wildman–Crippen MR) is 104 cm³/mol. The summed E-state index contributed by atoms with van der Waals surface area (Å²) >= 11 is 8.16. The van der Waals surface area contributed by atoms with E-state index in [9.17, 15) is 4.79 Å². The van der Waals surface area contributed by atoms with Crippen LogP contribution in [0.1, 0.15) is 24.8 Å². The molecule has 2 aliphatic rings. The molecule has 5 heteroatoms. The normalized spacial score (nSPS) is 22.9. The summed E-state index contributed by atoms with van der Waals surface area (Å²) in [6, 6.07) is 7.95. The number of likely N-dealkylation sites (tertiary alicyclic amines) is 1. The number of carbonyl (C=O) groups excluding carboxylic acids is 1. The van der Waals surface area contributed by atoms with Crippen LogP contribution in [0.5, 0.6) is 0 Å². The summed E-state index contributed by atoms with van der Waals surface area (Å²) in [5.74, 6) is 2.30. The van der Waals surface area contributed by atoms with Crippen LogP contribution >= 0.6 is 23.4 Å². The molecule has 2 fully saturated rings. The SMILES string of the molecule is O=C(/C=C/c1ccccc1Cl)N1CCCSCC1CN1CCCC1. The Kier molecular flexibility index (Phi) is 6.64. The minimum Gasteiger partial charge on any atom is -0.334 e. The fourth-order valence-electron chi connectivity index (χ4n) is 3.40. The number of hydrogen-bond acceptors (Lipinski definition) is 3. The molecular formula is C19H25ClN2OS. The van der Waals surface area contributed by atoms with Crippen LogP contribution in [0.3, 0.4) is 0 Å². The Bertz CT molecular complexity index is 586. The van der Waals surface area contributed by atoms with Crippen molar-refractivity contribution in [2.24, 2.45) is 0 Å². The Balaban J connectivity index is 1.68. The summed E-state index contributed by atoms with van der Waals surface area (Å²) in [5.41, 5.74) is 0.896. The lowest BCUT2D eigenvalue weighted by molar-refractivity contribution is -0.128. The van der Waals surface area contributed by atoms with E-state index in [2.05, 4.69) is 9.80 Å². The summed E-state index contributed by atoms with van der Waals surface area (Å²) in [5, 5.41) is 0.682. The van der Waals surface area contributed by atoms with Gasteiger partial charge in [0.15, 0.2) is 0 Å². The topological polar surface area (TPSA) is 23.6 Å². The van der Waals surface area contributed by atoms with Crippen molar-refractivity contribution in [2.45, 2.75) is 25.3 Å². The molecule has 1 amide bonds. The highest BCUT2D eigenvalue weighted by atomic mass is 35.5. The molecule has 1 unspecified atom stereocenters. The van der Waals surface area contributed by atoms with Crippen molar-refractivity contribution >= 4 is 35.3 Å². The summed E-state index contributed by atoms with van der Waals surface area (Å²) in [4.78, 5) is 17.4. The van der Waals surface area contributed by atoms with Gasteiger partial charge in [-0.15, -0.1) is 0 Å². The fraction of sp³-hybridized carbons (Fsp3) is 0.526. The zero-order valence-corrected chi connectivity index (χ0v) is 15.6. The standard InChI is InChI=1S/C19H25ClN2OS/c20-18-7-2-1-6-16(18)8-9-19(23)22-12-5-13-24-15-17(22)14-21-10-3-4-11-21/h1-2,6-9,17H,3-5,10-15H2/b9-8+. The minimum absolute atomic E-state index is 0.113. The maximum atomic E-state index is 12.8. The van der Waals surface area contributed by atoms with E-state index in [4.69, 9.17) is 11.6 Å². The smallest absolute Gasteiger partial charge is 0.246 e. The van der Waals surface area contributed by atoms with E-state index in [-0.39, 0.29) is 5.91 Å². The Hall–Kier alpha value is -0.970. The molecule has 2 aliphatic heterocycles. The molecule has 2 saturated heterocycles. The molecule has 1 aromatic carbocycles. The van der Waals surface area contributed by atoms with E-state index >= 15 is 0 Å². The van der Waals surface area contributed by atoms with Gasteiger partial charge in [0, 0.05) is 29.9 Å². The third kappa shape index (κ3) is 4.78. The first-order valence-corrected chi connectivity index (χ1v) is 10.3. The third-order valence-electron chi connectivity index (χ3n) is 4.70. The lowest BCUT2D eigenvalue weighted by Crippen LogP contribution is -2.47. The van der Waals surface area contributed by atoms with Crippen molar-refractivity contribution < 1.29 is 4.79 Å². The van der Waals surface area contributed by atoms with Gasteiger partial charge in [0.1, 0.15) is 0 Å². The molecule has 0 aromatic heterocycles. The number of benzene rings is 1. The Morgan fingerprint density at radius 2 is 2.00 bits per heavy atom. The molecule has 1 aromatic rings. The maximum absolute atomic E-state index is 12.8. The average molecular weight is 365 g/mol. The van der Waals surface area contributed by atoms with E-state index in [0.29, 0.717) is 11.1 Å². The zero-order valence-electron chi connectivity index (χ0n) is 14.0. The third-order valence-corrected chi connectivity index (χ3v) is 6.24. The summed E-state index contributed by atoms with van der Waals surface area (Å²) < 4.78 is 0. The molecule has 3 rings (SSSR count). The van der Waals surface area contributed by atoms with Crippen molar-refractivity contribution in [1.29, 1.82) is 0 Å². The Morgan fingerprint density at radius 3 is 2.79 bits per heavy atom. The minimum atomic E-state index is 0.113. The number of hydrogen-bond donors (Lipinski definition) is 0. The van der Waals surface area contributed by atoms with Crippen molar-refractivity contribution in [3.05, 3.63) is 40.9 Å². The van der Waals surface area contributed by atoms with Gasteiger partial charge in [-0.25, -0.2) is 0 Å². The Labute approximate surface area is 154 Å². The van der Waals surface area contributed by atoms with Crippen LogP contribution in [0.25, 0.3) is 6.08 Å². The monoisotopic (exact) mass is 364 g/mol. The quantitative estimate of drug-likeness (QED) is 0.759. The van der Waals surface area contributed by atoms with Crippen LogP contribution in [0.2, 0.25) is 5.02 Å². The van der Waals surface area contributed by atoms with E-state index in [1.54, 1.807) is 6.08 Å². The highest BCUT2D eigenvalue weighted by molar-refractivity contribution is 7.99. The average Bonchev–Trinajstić information content (AvgIpc) is 2.98. The first kappa shape index (κ1) is 17.8. The van der Waals surface area contributed by atoms with Gasteiger partial charge in [-0.2, -0.15) is 11.8 Å². The van der Waals surface area contributed by atoms with Gasteiger partial charge in [-0.1, -0.05) is 29.8 Å². The van der Waals surface area contributed by atoms with Crippen molar-refractivity contribution in [3.8, 4) is 0 Å². The number of halogens is 1.